The molecular weight excluding hydrogens is 384 g/mol. The molecule has 144 valence electrons. The highest BCUT2D eigenvalue weighted by Crippen LogP contribution is 2.35. The van der Waals surface area contributed by atoms with Crippen LogP contribution in [0.2, 0.25) is 0 Å². The van der Waals surface area contributed by atoms with Gasteiger partial charge < -0.3 is 24.7 Å². The minimum atomic E-state index is -0.624. The van der Waals surface area contributed by atoms with E-state index in [2.05, 4.69) is 15.6 Å². The van der Waals surface area contributed by atoms with Gasteiger partial charge in [0.2, 0.25) is 18.1 Å². The number of carbonyl (C=O) groups is 2. The van der Waals surface area contributed by atoms with Crippen molar-refractivity contribution in [3.05, 3.63) is 45.7 Å². The Bertz CT molecular complexity index is 1120. The van der Waals surface area contributed by atoms with Gasteiger partial charge in [0.15, 0.2) is 16.6 Å². The van der Waals surface area contributed by atoms with Crippen LogP contribution in [-0.4, -0.2) is 34.7 Å². The van der Waals surface area contributed by atoms with Gasteiger partial charge in [-0.15, -0.1) is 11.3 Å². The zero-order valence-corrected chi connectivity index (χ0v) is 15.7. The molecule has 1 aliphatic heterocycles. The van der Waals surface area contributed by atoms with Crippen molar-refractivity contribution in [2.75, 3.05) is 18.7 Å². The average Bonchev–Trinajstić information content (AvgIpc) is 3.36. The molecule has 1 aromatic carbocycles. The van der Waals surface area contributed by atoms with Crippen molar-refractivity contribution >= 4 is 39.2 Å². The average molecular weight is 400 g/mol. The van der Waals surface area contributed by atoms with Gasteiger partial charge >= 0.3 is 0 Å². The molecule has 0 radical (unpaired) electrons. The molecule has 0 saturated heterocycles. The first-order valence-corrected chi connectivity index (χ1v) is 9.39. The number of fused-ring (bicyclic) bond motifs is 2. The third kappa shape index (κ3) is 3.29. The van der Waals surface area contributed by atoms with Crippen molar-refractivity contribution in [2.45, 2.75) is 13.5 Å². The van der Waals surface area contributed by atoms with Gasteiger partial charge in [0.1, 0.15) is 5.56 Å². The van der Waals surface area contributed by atoms with Gasteiger partial charge in [-0.1, -0.05) is 0 Å². The second kappa shape index (κ2) is 7.31. The van der Waals surface area contributed by atoms with Gasteiger partial charge in [0, 0.05) is 30.4 Å². The van der Waals surface area contributed by atoms with Crippen molar-refractivity contribution in [3.8, 4) is 11.5 Å². The fraction of sp³-hybridized carbons (Fsp3) is 0.222. The van der Waals surface area contributed by atoms with E-state index in [0.717, 1.165) is 0 Å². The second-order valence-electron chi connectivity index (χ2n) is 5.95. The van der Waals surface area contributed by atoms with E-state index in [4.69, 9.17) is 9.47 Å². The lowest BCUT2D eigenvalue weighted by Crippen LogP contribution is -2.35. The molecule has 0 fully saturated rings. The predicted octanol–water partition coefficient (Wildman–Crippen LogP) is 1.58. The summed E-state index contributed by atoms with van der Waals surface area (Å²) in [6.07, 6.45) is 3.05. The van der Waals surface area contributed by atoms with E-state index < -0.39 is 17.2 Å². The molecule has 28 heavy (non-hydrogen) atoms. The number of pyridine rings is 1. The predicted molar refractivity (Wildman–Crippen MR) is 103 cm³/mol. The van der Waals surface area contributed by atoms with Crippen molar-refractivity contribution in [3.63, 3.8) is 0 Å². The lowest BCUT2D eigenvalue weighted by atomic mass is 10.1. The van der Waals surface area contributed by atoms with Crippen LogP contribution in [0.1, 0.15) is 17.3 Å². The van der Waals surface area contributed by atoms with Crippen LogP contribution in [0.4, 0.5) is 5.13 Å². The lowest BCUT2D eigenvalue weighted by molar-refractivity contribution is -0.115. The first kappa shape index (κ1) is 18.0. The number of amides is 2. The minimum absolute atomic E-state index is 0.0461. The molecule has 1 aliphatic rings. The number of rotatable bonds is 5. The quantitative estimate of drug-likeness (QED) is 0.673. The summed E-state index contributed by atoms with van der Waals surface area (Å²) >= 11 is 1.27. The molecule has 0 atom stereocenters. The van der Waals surface area contributed by atoms with E-state index in [1.807, 2.05) is 6.92 Å². The highest BCUT2D eigenvalue weighted by molar-refractivity contribution is 7.13. The van der Waals surface area contributed by atoms with Gasteiger partial charge in [-0.05, 0) is 13.0 Å². The maximum atomic E-state index is 12.9. The monoisotopic (exact) mass is 400 g/mol. The zero-order chi connectivity index (χ0) is 19.7. The molecule has 10 heteroatoms. The van der Waals surface area contributed by atoms with Crippen molar-refractivity contribution in [1.82, 2.24) is 14.9 Å². The van der Waals surface area contributed by atoms with Crippen molar-refractivity contribution < 1.29 is 19.1 Å². The van der Waals surface area contributed by atoms with E-state index in [9.17, 15) is 14.4 Å². The molecule has 0 spiro atoms. The summed E-state index contributed by atoms with van der Waals surface area (Å²) < 4.78 is 12.5. The Morgan fingerprint density at radius 3 is 2.79 bits per heavy atom. The number of aromatic nitrogens is 2. The van der Waals surface area contributed by atoms with Crippen LogP contribution in [0.3, 0.4) is 0 Å². The summed E-state index contributed by atoms with van der Waals surface area (Å²) in [4.78, 5) is 41.3. The summed E-state index contributed by atoms with van der Waals surface area (Å²) in [5.74, 6) is -0.0258. The minimum Gasteiger partial charge on any atom is -0.454 e. The Balaban J connectivity index is 1.60. The normalized spacial score (nSPS) is 12.2. The van der Waals surface area contributed by atoms with E-state index in [-0.39, 0.29) is 18.9 Å². The number of aryl methyl sites for hydroxylation is 1. The maximum Gasteiger partial charge on any atom is 0.257 e. The molecule has 0 bridgehead atoms. The number of nitrogens with zero attached hydrogens (tertiary/aromatic N) is 2. The van der Waals surface area contributed by atoms with Gasteiger partial charge in [0.25, 0.3) is 5.91 Å². The molecule has 0 aliphatic carbocycles. The Hall–Kier alpha value is -3.40. The topological polar surface area (TPSA) is 112 Å². The second-order valence-corrected chi connectivity index (χ2v) is 6.84. The SMILES string of the molecule is CCn1cc(C(=O)NCC(=O)Nc2nccs2)c(=O)c2cc3c(cc21)OCO3. The smallest absolute Gasteiger partial charge is 0.257 e. The van der Waals surface area contributed by atoms with Crippen LogP contribution in [0, 0.1) is 0 Å². The summed E-state index contributed by atoms with van der Waals surface area (Å²) in [5, 5.41) is 7.56. The Morgan fingerprint density at radius 1 is 1.29 bits per heavy atom. The Labute approximate surface area is 162 Å². The first-order valence-electron chi connectivity index (χ1n) is 8.51. The number of anilines is 1. The number of benzene rings is 1. The van der Waals surface area contributed by atoms with Gasteiger partial charge in [-0.25, -0.2) is 4.98 Å². The summed E-state index contributed by atoms with van der Waals surface area (Å²) in [5.41, 5.74) is 0.168. The lowest BCUT2D eigenvalue weighted by Gasteiger charge is -2.12. The molecule has 0 unspecified atom stereocenters. The van der Waals surface area contributed by atoms with Gasteiger partial charge in [0.05, 0.1) is 17.4 Å². The molecule has 2 N–H and O–H groups in total. The number of carbonyl (C=O) groups excluding carboxylic acids is 2. The zero-order valence-electron chi connectivity index (χ0n) is 14.9. The number of hydrogen-bond donors (Lipinski definition) is 2. The standard InChI is InChI=1S/C18H16N4O5S/c1-2-22-8-11(17(25)20-7-15(23)21-18-19-3-4-28-18)16(24)10-5-13-14(6-12(10)22)27-9-26-13/h3-6,8H,2,7,9H2,1H3,(H,20,25)(H,19,21,23). The van der Waals surface area contributed by atoms with Crippen LogP contribution in [0.5, 0.6) is 11.5 Å². The van der Waals surface area contributed by atoms with E-state index in [1.165, 1.54) is 17.5 Å². The molecule has 2 aromatic heterocycles. The molecular formula is C18H16N4O5S. The van der Waals surface area contributed by atoms with Crippen LogP contribution < -0.4 is 25.5 Å². The summed E-state index contributed by atoms with van der Waals surface area (Å²) in [6.45, 7) is 2.26. The Morgan fingerprint density at radius 2 is 2.07 bits per heavy atom. The molecule has 0 saturated carbocycles. The number of hydrogen-bond acceptors (Lipinski definition) is 7. The molecule has 3 heterocycles. The van der Waals surface area contributed by atoms with Crippen LogP contribution in [0.25, 0.3) is 10.9 Å². The summed E-state index contributed by atoms with van der Waals surface area (Å²) in [7, 11) is 0. The third-order valence-corrected chi connectivity index (χ3v) is 4.94. The third-order valence-electron chi connectivity index (χ3n) is 4.25. The number of nitrogens with one attached hydrogen (secondary N) is 2. The van der Waals surface area contributed by atoms with Gasteiger partial charge in [-0.2, -0.15) is 0 Å². The highest BCUT2D eigenvalue weighted by Gasteiger charge is 2.21. The van der Waals surface area contributed by atoms with Crippen LogP contribution >= 0.6 is 11.3 Å². The van der Waals surface area contributed by atoms with E-state index in [0.29, 0.717) is 34.1 Å². The fourth-order valence-corrected chi connectivity index (χ4v) is 3.45. The van der Waals surface area contributed by atoms with E-state index >= 15 is 0 Å². The molecule has 2 amide bonds. The number of thiazole rings is 1. The largest absolute Gasteiger partial charge is 0.454 e. The van der Waals surface area contributed by atoms with Crippen LogP contribution in [-0.2, 0) is 11.3 Å². The summed E-state index contributed by atoms with van der Waals surface area (Å²) in [6, 6.07) is 3.31. The Kier molecular flexibility index (Phi) is 4.70. The maximum absolute atomic E-state index is 12.9. The van der Waals surface area contributed by atoms with Crippen molar-refractivity contribution in [1.29, 1.82) is 0 Å². The molecule has 9 nitrogen and oxygen atoms in total. The molecule has 3 aromatic rings. The van der Waals surface area contributed by atoms with Crippen LogP contribution in [0.15, 0.2) is 34.7 Å². The molecule has 4 rings (SSSR count). The first-order chi connectivity index (χ1) is 13.6. The fourth-order valence-electron chi connectivity index (χ4n) is 2.91. The highest BCUT2D eigenvalue weighted by atomic mass is 32.1. The van der Waals surface area contributed by atoms with Crippen molar-refractivity contribution in [2.24, 2.45) is 0 Å². The van der Waals surface area contributed by atoms with Gasteiger partial charge in [-0.3, -0.25) is 14.4 Å². The van der Waals surface area contributed by atoms with E-state index in [1.54, 1.807) is 28.3 Å². The number of ether oxygens (including phenoxy) is 2.